The fourth-order valence-electron chi connectivity index (χ4n) is 2.14. The van der Waals surface area contributed by atoms with Crippen LogP contribution in [0.1, 0.15) is 13.0 Å². The van der Waals surface area contributed by atoms with Crippen molar-refractivity contribution in [2.24, 2.45) is 0 Å². The summed E-state index contributed by atoms with van der Waals surface area (Å²) in [6, 6.07) is 6.62. The summed E-state index contributed by atoms with van der Waals surface area (Å²) in [5.74, 6) is 0. The minimum absolute atomic E-state index is 0.492. The van der Waals surface area contributed by atoms with Crippen LogP contribution in [0.25, 0.3) is 11.0 Å². The molecule has 1 fully saturated rings. The Morgan fingerprint density at radius 2 is 2.25 bits per heavy atom. The smallest absolute Gasteiger partial charge is 0.114 e. The van der Waals surface area contributed by atoms with Gasteiger partial charge in [0.1, 0.15) is 5.52 Å². The highest BCUT2D eigenvalue weighted by Crippen LogP contribution is 2.25. The lowest BCUT2D eigenvalue weighted by molar-refractivity contribution is 0.107. The molecule has 2 aromatic rings. The number of aromatic nitrogens is 3. The van der Waals surface area contributed by atoms with Crippen molar-refractivity contribution in [1.82, 2.24) is 19.9 Å². The average Bonchev–Trinajstić information content (AvgIpc) is 2.60. The molecular weight excluding hydrogens is 268 g/mol. The van der Waals surface area contributed by atoms with Crippen molar-refractivity contribution in [3.8, 4) is 0 Å². The molecule has 1 aromatic heterocycles. The molecule has 84 valence electrons. The second-order valence-corrected chi connectivity index (χ2v) is 5.09. The molecule has 0 saturated carbocycles. The number of rotatable bonds is 2. The van der Waals surface area contributed by atoms with Gasteiger partial charge in [-0.25, -0.2) is 4.68 Å². The lowest BCUT2D eigenvalue weighted by Gasteiger charge is -2.38. The normalized spacial score (nSPS) is 17.9. The third kappa shape index (κ3) is 1.55. The van der Waals surface area contributed by atoms with Crippen molar-refractivity contribution in [3.05, 3.63) is 22.7 Å². The number of likely N-dealkylation sites (N-methyl/N-ethyl adjacent to an activating group) is 1. The van der Waals surface area contributed by atoms with Gasteiger partial charge in [-0.2, -0.15) is 0 Å². The molecule has 1 saturated heterocycles. The van der Waals surface area contributed by atoms with Gasteiger partial charge in [0.2, 0.25) is 0 Å². The fraction of sp³-hybridized carbons (Fsp3) is 0.455. The summed E-state index contributed by atoms with van der Waals surface area (Å²) in [5, 5.41) is 8.44. The van der Waals surface area contributed by atoms with E-state index in [2.05, 4.69) is 44.1 Å². The van der Waals surface area contributed by atoms with Gasteiger partial charge in [0.25, 0.3) is 0 Å². The lowest BCUT2D eigenvalue weighted by atomic mass is 10.1. The first-order valence-electron chi connectivity index (χ1n) is 5.50. The Kier molecular flexibility index (Phi) is 2.44. The molecular formula is C11H13BrN4. The van der Waals surface area contributed by atoms with E-state index in [1.165, 1.54) is 0 Å². The van der Waals surface area contributed by atoms with E-state index in [4.69, 9.17) is 0 Å². The van der Waals surface area contributed by atoms with Crippen LogP contribution in [-0.4, -0.2) is 39.5 Å². The van der Waals surface area contributed by atoms with Gasteiger partial charge < -0.3 is 0 Å². The Labute approximate surface area is 102 Å². The number of nitrogens with zero attached hydrogens (tertiary/aromatic N) is 4. The van der Waals surface area contributed by atoms with E-state index in [-0.39, 0.29) is 0 Å². The number of hydrogen-bond acceptors (Lipinski definition) is 3. The van der Waals surface area contributed by atoms with E-state index in [0.29, 0.717) is 6.04 Å². The van der Waals surface area contributed by atoms with E-state index in [1.54, 1.807) is 0 Å². The van der Waals surface area contributed by atoms with Crippen LogP contribution < -0.4 is 0 Å². The Bertz CT molecular complexity index is 516. The second-order valence-electron chi connectivity index (χ2n) is 4.17. The molecule has 3 rings (SSSR count). The summed E-state index contributed by atoms with van der Waals surface area (Å²) in [6.45, 7) is 5.48. The van der Waals surface area contributed by atoms with Crippen molar-refractivity contribution in [1.29, 1.82) is 0 Å². The number of fused-ring (bicyclic) bond motifs is 1. The van der Waals surface area contributed by atoms with Crippen LogP contribution in [0.2, 0.25) is 0 Å². The van der Waals surface area contributed by atoms with Crippen molar-refractivity contribution >= 4 is 27.0 Å². The summed E-state index contributed by atoms with van der Waals surface area (Å²) in [6.07, 6.45) is 0. The molecule has 0 N–H and O–H groups in total. The topological polar surface area (TPSA) is 34.0 Å². The predicted molar refractivity (Wildman–Crippen MR) is 66.4 cm³/mol. The van der Waals surface area contributed by atoms with E-state index in [9.17, 15) is 0 Å². The number of hydrogen-bond donors (Lipinski definition) is 0. The Balaban J connectivity index is 1.94. The highest BCUT2D eigenvalue weighted by Gasteiger charge is 2.28. The molecule has 0 atom stereocenters. The molecule has 0 radical (unpaired) electrons. The van der Waals surface area contributed by atoms with Gasteiger partial charge in [-0.3, -0.25) is 4.90 Å². The first kappa shape index (κ1) is 10.2. The van der Waals surface area contributed by atoms with Gasteiger partial charge in [-0.15, -0.1) is 5.10 Å². The minimum atomic E-state index is 0.492. The second kappa shape index (κ2) is 3.82. The summed E-state index contributed by atoms with van der Waals surface area (Å²) >= 11 is 3.45. The molecule has 1 aliphatic heterocycles. The van der Waals surface area contributed by atoms with Crippen molar-refractivity contribution in [3.63, 3.8) is 0 Å². The largest absolute Gasteiger partial charge is 0.299 e. The van der Waals surface area contributed by atoms with Crippen LogP contribution in [0.4, 0.5) is 0 Å². The van der Waals surface area contributed by atoms with Gasteiger partial charge in [-0.05, 0) is 24.7 Å². The van der Waals surface area contributed by atoms with E-state index >= 15 is 0 Å². The number of likely N-dealkylation sites (tertiary alicyclic amines) is 1. The fourth-order valence-corrected chi connectivity index (χ4v) is 2.49. The van der Waals surface area contributed by atoms with Crippen LogP contribution in [0.15, 0.2) is 22.7 Å². The molecule has 1 aromatic carbocycles. The van der Waals surface area contributed by atoms with Crippen LogP contribution in [0.3, 0.4) is 0 Å². The van der Waals surface area contributed by atoms with Crippen molar-refractivity contribution in [2.45, 2.75) is 13.0 Å². The average molecular weight is 281 g/mol. The maximum absolute atomic E-state index is 4.25. The van der Waals surface area contributed by atoms with Gasteiger partial charge in [0.05, 0.1) is 11.6 Å². The molecule has 0 unspecified atom stereocenters. The van der Waals surface area contributed by atoms with Crippen LogP contribution in [-0.2, 0) is 0 Å². The van der Waals surface area contributed by atoms with Crippen molar-refractivity contribution in [2.75, 3.05) is 19.6 Å². The highest BCUT2D eigenvalue weighted by atomic mass is 79.9. The maximum Gasteiger partial charge on any atom is 0.114 e. The summed E-state index contributed by atoms with van der Waals surface area (Å²) in [7, 11) is 0. The third-order valence-electron chi connectivity index (χ3n) is 3.16. The van der Waals surface area contributed by atoms with E-state index in [1.807, 2.05) is 16.8 Å². The maximum atomic E-state index is 4.25. The molecule has 4 nitrogen and oxygen atoms in total. The van der Waals surface area contributed by atoms with Crippen LogP contribution in [0.5, 0.6) is 0 Å². The lowest BCUT2D eigenvalue weighted by Crippen LogP contribution is -2.47. The van der Waals surface area contributed by atoms with E-state index in [0.717, 1.165) is 35.1 Å². The van der Waals surface area contributed by atoms with Gasteiger partial charge in [-0.1, -0.05) is 28.1 Å². The van der Waals surface area contributed by atoms with Crippen LogP contribution >= 0.6 is 15.9 Å². The molecule has 0 spiro atoms. The predicted octanol–water partition coefficient (Wildman–Crippen LogP) is 2.07. The Hall–Kier alpha value is -0.940. The van der Waals surface area contributed by atoms with E-state index < -0.39 is 0 Å². The molecule has 2 heterocycles. The minimum Gasteiger partial charge on any atom is -0.299 e. The summed E-state index contributed by atoms with van der Waals surface area (Å²) in [5.41, 5.74) is 2.09. The van der Waals surface area contributed by atoms with Gasteiger partial charge in [0, 0.05) is 17.6 Å². The first-order chi connectivity index (χ1) is 7.78. The number of halogens is 1. The first-order valence-corrected chi connectivity index (χ1v) is 6.30. The quantitative estimate of drug-likeness (QED) is 0.845. The summed E-state index contributed by atoms with van der Waals surface area (Å²) < 4.78 is 3.10. The molecule has 0 aliphatic carbocycles. The zero-order valence-electron chi connectivity index (χ0n) is 9.10. The molecule has 0 bridgehead atoms. The van der Waals surface area contributed by atoms with Gasteiger partial charge >= 0.3 is 0 Å². The molecule has 16 heavy (non-hydrogen) atoms. The zero-order valence-corrected chi connectivity index (χ0v) is 10.7. The van der Waals surface area contributed by atoms with Gasteiger partial charge in [0.15, 0.2) is 0 Å². The molecule has 5 heteroatoms. The summed E-state index contributed by atoms with van der Waals surface area (Å²) in [4.78, 5) is 2.40. The monoisotopic (exact) mass is 280 g/mol. The number of benzene rings is 1. The third-order valence-corrected chi connectivity index (χ3v) is 3.66. The highest BCUT2D eigenvalue weighted by molar-refractivity contribution is 9.10. The molecule has 1 aliphatic rings. The Morgan fingerprint density at radius 3 is 3.00 bits per heavy atom. The zero-order chi connectivity index (χ0) is 11.1. The Morgan fingerprint density at radius 1 is 1.44 bits per heavy atom. The van der Waals surface area contributed by atoms with Crippen LogP contribution in [0, 0.1) is 0 Å². The standard InChI is InChI=1S/C11H13BrN4/c1-2-15-6-9(7-15)16-11-4-3-8(12)5-10(11)13-14-16/h3-5,9H,2,6-7H2,1H3. The SMILES string of the molecule is CCN1CC(n2nnc3cc(Br)ccc32)C1. The van der Waals surface area contributed by atoms with Crippen molar-refractivity contribution < 1.29 is 0 Å². The molecule has 0 amide bonds.